The van der Waals surface area contributed by atoms with Crippen LogP contribution in [0.5, 0.6) is 0 Å². The van der Waals surface area contributed by atoms with Gasteiger partial charge >= 0.3 is 0 Å². The van der Waals surface area contributed by atoms with Crippen LogP contribution in [0.15, 0.2) is 12.1 Å². The summed E-state index contributed by atoms with van der Waals surface area (Å²) in [7, 11) is 0. The van der Waals surface area contributed by atoms with Gasteiger partial charge in [0.15, 0.2) is 0 Å². The molecule has 0 atom stereocenters. The first kappa shape index (κ1) is 9.31. The lowest BCUT2D eigenvalue weighted by Gasteiger charge is -2.28. The molecule has 2 heterocycles. The van der Waals surface area contributed by atoms with Crippen molar-refractivity contribution < 1.29 is 0 Å². The molecule has 1 aromatic rings. The molecule has 76 valence electrons. The summed E-state index contributed by atoms with van der Waals surface area (Å²) in [6, 6.07) is 4.02. The second-order valence-corrected chi connectivity index (χ2v) is 3.98. The molecule has 3 heteroatoms. The molecule has 0 bridgehead atoms. The summed E-state index contributed by atoms with van der Waals surface area (Å²) in [6.45, 7) is 4.30. The van der Waals surface area contributed by atoms with E-state index in [0.29, 0.717) is 5.82 Å². The summed E-state index contributed by atoms with van der Waals surface area (Å²) in [5.74, 6) is 1.67. The Morgan fingerprint density at radius 3 is 2.57 bits per heavy atom. The van der Waals surface area contributed by atoms with E-state index in [4.69, 9.17) is 5.73 Å². The van der Waals surface area contributed by atoms with Crippen molar-refractivity contribution in [2.24, 2.45) is 0 Å². The van der Waals surface area contributed by atoms with Gasteiger partial charge in [0.25, 0.3) is 0 Å². The van der Waals surface area contributed by atoms with E-state index in [1.807, 2.05) is 6.07 Å². The van der Waals surface area contributed by atoms with Gasteiger partial charge in [-0.1, -0.05) is 0 Å². The Bertz CT molecular complexity index is 296. The van der Waals surface area contributed by atoms with Crippen molar-refractivity contribution in [1.29, 1.82) is 0 Å². The normalized spacial score (nSPS) is 17.1. The zero-order valence-electron chi connectivity index (χ0n) is 8.66. The largest absolute Gasteiger partial charge is 0.384 e. The van der Waals surface area contributed by atoms with Crippen LogP contribution in [0.4, 0.5) is 11.6 Å². The molecule has 1 aliphatic heterocycles. The van der Waals surface area contributed by atoms with Gasteiger partial charge in [0.1, 0.15) is 11.6 Å². The van der Waals surface area contributed by atoms with E-state index in [-0.39, 0.29) is 0 Å². The Balaban J connectivity index is 2.21. The lowest BCUT2D eigenvalue weighted by atomic mass is 10.1. The second kappa shape index (κ2) is 3.86. The van der Waals surface area contributed by atoms with Crippen molar-refractivity contribution >= 4 is 11.6 Å². The molecule has 3 nitrogen and oxygen atoms in total. The highest BCUT2D eigenvalue weighted by atomic mass is 15.2. The monoisotopic (exact) mass is 191 g/mol. The van der Waals surface area contributed by atoms with E-state index in [2.05, 4.69) is 22.9 Å². The van der Waals surface area contributed by atoms with E-state index >= 15 is 0 Å². The lowest BCUT2D eigenvalue weighted by molar-refractivity contribution is 0.573. The van der Waals surface area contributed by atoms with Crippen LogP contribution in [-0.4, -0.2) is 18.1 Å². The Labute approximate surface area is 84.9 Å². The minimum atomic E-state index is 0.630. The van der Waals surface area contributed by atoms with Crippen LogP contribution in [0.1, 0.15) is 24.8 Å². The molecule has 14 heavy (non-hydrogen) atoms. The third-order valence-corrected chi connectivity index (χ3v) is 2.66. The van der Waals surface area contributed by atoms with Gasteiger partial charge in [-0.2, -0.15) is 0 Å². The molecule has 1 aliphatic rings. The number of pyridine rings is 1. The number of nitrogens with zero attached hydrogens (tertiary/aromatic N) is 2. The van der Waals surface area contributed by atoms with Crippen LogP contribution in [0.3, 0.4) is 0 Å². The zero-order valence-corrected chi connectivity index (χ0v) is 8.66. The highest BCUT2D eigenvalue weighted by Crippen LogP contribution is 2.19. The Morgan fingerprint density at radius 2 is 1.93 bits per heavy atom. The molecule has 1 fully saturated rings. The first-order valence-corrected chi connectivity index (χ1v) is 5.25. The van der Waals surface area contributed by atoms with Gasteiger partial charge in [-0.3, -0.25) is 0 Å². The van der Waals surface area contributed by atoms with Gasteiger partial charge in [0.05, 0.1) is 0 Å². The van der Waals surface area contributed by atoms with E-state index in [0.717, 1.165) is 18.9 Å². The predicted octanol–water partition coefficient (Wildman–Crippen LogP) is 1.96. The fourth-order valence-electron chi connectivity index (χ4n) is 1.96. The van der Waals surface area contributed by atoms with Crippen LogP contribution in [0.25, 0.3) is 0 Å². The Kier molecular flexibility index (Phi) is 2.57. The quantitative estimate of drug-likeness (QED) is 0.738. The number of anilines is 2. The third kappa shape index (κ3) is 1.97. The number of aryl methyl sites for hydroxylation is 1. The van der Waals surface area contributed by atoms with Gasteiger partial charge in [-0.25, -0.2) is 4.98 Å². The average Bonchev–Trinajstić information content (AvgIpc) is 2.18. The molecule has 0 amide bonds. The smallest absolute Gasteiger partial charge is 0.131 e. The topological polar surface area (TPSA) is 42.1 Å². The summed E-state index contributed by atoms with van der Waals surface area (Å²) < 4.78 is 0. The SMILES string of the molecule is Cc1cc(N)nc(N2CCCCC2)c1. The number of aromatic nitrogens is 1. The number of hydrogen-bond donors (Lipinski definition) is 1. The molecule has 0 saturated carbocycles. The molecule has 0 aromatic carbocycles. The highest BCUT2D eigenvalue weighted by molar-refractivity contribution is 5.48. The van der Waals surface area contributed by atoms with Crippen molar-refractivity contribution in [1.82, 2.24) is 4.98 Å². The molecule has 0 unspecified atom stereocenters. The lowest BCUT2D eigenvalue weighted by Crippen LogP contribution is -2.30. The summed E-state index contributed by atoms with van der Waals surface area (Å²) in [5.41, 5.74) is 6.92. The van der Waals surface area contributed by atoms with E-state index < -0.39 is 0 Å². The maximum atomic E-state index is 5.73. The van der Waals surface area contributed by atoms with Crippen LogP contribution >= 0.6 is 0 Å². The van der Waals surface area contributed by atoms with E-state index in [1.54, 1.807) is 0 Å². The van der Waals surface area contributed by atoms with Crippen molar-refractivity contribution in [2.75, 3.05) is 23.7 Å². The molecule has 0 spiro atoms. The molecule has 2 rings (SSSR count). The fraction of sp³-hybridized carbons (Fsp3) is 0.545. The van der Waals surface area contributed by atoms with Crippen molar-refractivity contribution in [3.8, 4) is 0 Å². The second-order valence-electron chi connectivity index (χ2n) is 3.98. The molecule has 1 aromatic heterocycles. The summed E-state index contributed by atoms with van der Waals surface area (Å²) in [6.07, 6.45) is 3.89. The molecule has 2 N–H and O–H groups in total. The highest BCUT2D eigenvalue weighted by Gasteiger charge is 2.12. The summed E-state index contributed by atoms with van der Waals surface area (Å²) in [4.78, 5) is 6.69. The Morgan fingerprint density at radius 1 is 1.21 bits per heavy atom. The number of piperidine rings is 1. The molecular weight excluding hydrogens is 174 g/mol. The maximum Gasteiger partial charge on any atom is 0.131 e. The maximum absolute atomic E-state index is 5.73. The van der Waals surface area contributed by atoms with Crippen molar-refractivity contribution in [3.05, 3.63) is 17.7 Å². The van der Waals surface area contributed by atoms with Crippen LogP contribution < -0.4 is 10.6 Å². The van der Waals surface area contributed by atoms with Gasteiger partial charge in [-0.15, -0.1) is 0 Å². The average molecular weight is 191 g/mol. The number of nitrogens with two attached hydrogens (primary N) is 1. The minimum Gasteiger partial charge on any atom is -0.384 e. The van der Waals surface area contributed by atoms with Crippen LogP contribution in [-0.2, 0) is 0 Å². The van der Waals surface area contributed by atoms with Gasteiger partial charge in [0, 0.05) is 13.1 Å². The van der Waals surface area contributed by atoms with Crippen LogP contribution in [0.2, 0.25) is 0 Å². The number of rotatable bonds is 1. The van der Waals surface area contributed by atoms with Gasteiger partial charge in [0.2, 0.25) is 0 Å². The minimum absolute atomic E-state index is 0.630. The molecule has 0 aliphatic carbocycles. The van der Waals surface area contributed by atoms with E-state index in [9.17, 15) is 0 Å². The van der Waals surface area contributed by atoms with Crippen LogP contribution in [0, 0.1) is 6.92 Å². The predicted molar refractivity (Wildman–Crippen MR) is 59.5 cm³/mol. The van der Waals surface area contributed by atoms with Gasteiger partial charge in [-0.05, 0) is 43.9 Å². The first-order chi connectivity index (χ1) is 6.75. The Hall–Kier alpha value is -1.25. The molecule has 1 saturated heterocycles. The zero-order chi connectivity index (χ0) is 9.97. The fourth-order valence-corrected chi connectivity index (χ4v) is 1.96. The summed E-state index contributed by atoms with van der Waals surface area (Å²) in [5, 5.41) is 0. The van der Waals surface area contributed by atoms with Crippen molar-refractivity contribution in [2.45, 2.75) is 26.2 Å². The van der Waals surface area contributed by atoms with Crippen molar-refractivity contribution in [3.63, 3.8) is 0 Å². The number of hydrogen-bond acceptors (Lipinski definition) is 3. The number of nitrogen functional groups attached to an aromatic ring is 1. The third-order valence-electron chi connectivity index (χ3n) is 2.66. The summed E-state index contributed by atoms with van der Waals surface area (Å²) >= 11 is 0. The molecular formula is C11H17N3. The first-order valence-electron chi connectivity index (χ1n) is 5.25. The van der Waals surface area contributed by atoms with E-state index in [1.165, 1.54) is 24.8 Å². The molecule has 0 radical (unpaired) electrons. The standard InChI is InChI=1S/C11H17N3/c1-9-7-10(12)13-11(8-9)14-5-3-2-4-6-14/h7-8H,2-6H2,1H3,(H2,12,13). The van der Waals surface area contributed by atoms with Gasteiger partial charge < -0.3 is 10.6 Å².